The molecule has 0 saturated heterocycles. The summed E-state index contributed by atoms with van der Waals surface area (Å²) in [4.78, 5) is 11.8. The topological polar surface area (TPSA) is 38.3 Å². The van der Waals surface area contributed by atoms with E-state index in [0.717, 1.165) is 16.9 Å². The van der Waals surface area contributed by atoms with E-state index in [1.165, 1.54) is 6.08 Å². The zero-order valence-electron chi connectivity index (χ0n) is 11.7. The standard InChI is InChI=1S/C17H16ClNO2/c1-21-15-7-4-5-13(11-15)12-19-17(20)10-9-14-6-2-3-8-16(14)18/h2-11H,12H2,1H3,(H,19,20)/b10-9+. The third-order valence-electron chi connectivity index (χ3n) is 2.92. The van der Waals surface area contributed by atoms with Gasteiger partial charge in [-0.05, 0) is 35.4 Å². The van der Waals surface area contributed by atoms with Crippen molar-refractivity contribution in [1.82, 2.24) is 5.32 Å². The highest BCUT2D eigenvalue weighted by atomic mass is 35.5. The lowest BCUT2D eigenvalue weighted by Gasteiger charge is -2.05. The molecule has 0 unspecified atom stereocenters. The minimum absolute atomic E-state index is 0.169. The molecule has 4 heteroatoms. The molecule has 0 aliphatic rings. The molecular formula is C17H16ClNO2. The van der Waals surface area contributed by atoms with Gasteiger partial charge in [-0.1, -0.05) is 41.9 Å². The molecule has 0 spiro atoms. The molecule has 1 amide bonds. The lowest BCUT2D eigenvalue weighted by atomic mass is 10.2. The number of benzene rings is 2. The van der Waals surface area contributed by atoms with Crippen molar-refractivity contribution in [3.05, 3.63) is 70.8 Å². The SMILES string of the molecule is COc1cccc(CNC(=O)/C=C/c2ccccc2Cl)c1. The number of rotatable bonds is 5. The van der Waals surface area contributed by atoms with Crippen LogP contribution in [0.1, 0.15) is 11.1 Å². The Bertz CT molecular complexity index is 653. The van der Waals surface area contributed by atoms with E-state index in [0.29, 0.717) is 11.6 Å². The predicted molar refractivity (Wildman–Crippen MR) is 85.3 cm³/mol. The van der Waals surface area contributed by atoms with E-state index in [2.05, 4.69) is 5.32 Å². The molecule has 0 heterocycles. The van der Waals surface area contributed by atoms with Gasteiger partial charge in [-0.15, -0.1) is 0 Å². The van der Waals surface area contributed by atoms with Gasteiger partial charge in [0.2, 0.25) is 5.91 Å². The van der Waals surface area contributed by atoms with E-state index in [4.69, 9.17) is 16.3 Å². The Balaban J connectivity index is 1.91. The van der Waals surface area contributed by atoms with Gasteiger partial charge in [0.05, 0.1) is 7.11 Å². The van der Waals surface area contributed by atoms with Crippen LogP contribution in [0.5, 0.6) is 5.75 Å². The summed E-state index contributed by atoms with van der Waals surface area (Å²) in [6.45, 7) is 0.447. The van der Waals surface area contributed by atoms with Crippen molar-refractivity contribution in [3.63, 3.8) is 0 Å². The van der Waals surface area contributed by atoms with Crippen LogP contribution in [0.3, 0.4) is 0 Å². The molecule has 108 valence electrons. The van der Waals surface area contributed by atoms with E-state index < -0.39 is 0 Å². The Hall–Kier alpha value is -2.26. The Labute approximate surface area is 129 Å². The first-order valence-corrected chi connectivity index (χ1v) is 6.90. The second kappa shape index (κ2) is 7.50. The van der Waals surface area contributed by atoms with Crippen molar-refractivity contribution >= 4 is 23.6 Å². The zero-order valence-corrected chi connectivity index (χ0v) is 12.4. The second-order valence-corrected chi connectivity index (χ2v) is 4.83. The molecule has 0 aliphatic carbocycles. The molecule has 2 rings (SSSR count). The summed E-state index contributed by atoms with van der Waals surface area (Å²) in [5, 5.41) is 3.44. The summed E-state index contributed by atoms with van der Waals surface area (Å²) in [5.41, 5.74) is 1.80. The van der Waals surface area contributed by atoms with Crippen molar-refractivity contribution in [2.75, 3.05) is 7.11 Å². The Morgan fingerprint density at radius 2 is 2.05 bits per heavy atom. The number of ether oxygens (including phenoxy) is 1. The van der Waals surface area contributed by atoms with E-state index >= 15 is 0 Å². The lowest BCUT2D eigenvalue weighted by molar-refractivity contribution is -0.116. The van der Waals surface area contributed by atoms with Crippen LogP contribution in [-0.2, 0) is 11.3 Å². The first-order valence-electron chi connectivity index (χ1n) is 6.52. The van der Waals surface area contributed by atoms with Crippen LogP contribution in [0.2, 0.25) is 5.02 Å². The van der Waals surface area contributed by atoms with Gasteiger partial charge in [0.15, 0.2) is 0 Å². The highest BCUT2D eigenvalue weighted by Crippen LogP contribution is 2.16. The number of hydrogen-bond acceptors (Lipinski definition) is 2. The van der Waals surface area contributed by atoms with E-state index in [1.54, 1.807) is 19.3 Å². The third kappa shape index (κ3) is 4.65. The van der Waals surface area contributed by atoms with Gasteiger partial charge in [-0.25, -0.2) is 0 Å². The second-order valence-electron chi connectivity index (χ2n) is 4.42. The molecule has 3 nitrogen and oxygen atoms in total. The van der Waals surface area contributed by atoms with Gasteiger partial charge in [0, 0.05) is 17.6 Å². The Morgan fingerprint density at radius 3 is 2.81 bits per heavy atom. The van der Waals surface area contributed by atoms with Crippen LogP contribution in [0, 0.1) is 0 Å². The average molecular weight is 302 g/mol. The molecule has 0 bridgehead atoms. The fourth-order valence-electron chi connectivity index (χ4n) is 1.81. The van der Waals surface area contributed by atoms with Crippen molar-refractivity contribution < 1.29 is 9.53 Å². The first-order chi connectivity index (χ1) is 10.2. The Morgan fingerprint density at radius 1 is 1.24 bits per heavy atom. The summed E-state index contributed by atoms with van der Waals surface area (Å²) >= 11 is 6.02. The molecule has 0 atom stereocenters. The van der Waals surface area contributed by atoms with Crippen molar-refractivity contribution in [3.8, 4) is 5.75 Å². The van der Waals surface area contributed by atoms with Crippen LogP contribution >= 0.6 is 11.6 Å². The molecule has 0 fully saturated rings. The maximum atomic E-state index is 11.8. The van der Waals surface area contributed by atoms with Gasteiger partial charge < -0.3 is 10.1 Å². The minimum Gasteiger partial charge on any atom is -0.497 e. The summed E-state index contributed by atoms with van der Waals surface area (Å²) in [5.74, 6) is 0.603. The summed E-state index contributed by atoms with van der Waals surface area (Å²) in [6.07, 6.45) is 3.17. The maximum absolute atomic E-state index is 11.8. The molecular weight excluding hydrogens is 286 g/mol. The Kier molecular flexibility index (Phi) is 5.41. The molecule has 2 aromatic rings. The van der Waals surface area contributed by atoms with E-state index in [9.17, 15) is 4.79 Å². The fourth-order valence-corrected chi connectivity index (χ4v) is 2.00. The lowest BCUT2D eigenvalue weighted by Crippen LogP contribution is -2.20. The maximum Gasteiger partial charge on any atom is 0.244 e. The molecule has 2 aromatic carbocycles. The van der Waals surface area contributed by atoms with Crippen molar-refractivity contribution in [2.24, 2.45) is 0 Å². The number of halogens is 1. The zero-order chi connectivity index (χ0) is 15.1. The quantitative estimate of drug-likeness (QED) is 0.856. The molecule has 0 aliphatic heterocycles. The first kappa shape index (κ1) is 15.1. The van der Waals surface area contributed by atoms with Crippen molar-refractivity contribution in [1.29, 1.82) is 0 Å². The van der Waals surface area contributed by atoms with Crippen LogP contribution in [0.4, 0.5) is 0 Å². The number of carbonyl (C=O) groups excluding carboxylic acids is 1. The van der Waals surface area contributed by atoms with Gasteiger partial charge >= 0.3 is 0 Å². The summed E-state index contributed by atoms with van der Waals surface area (Å²) < 4.78 is 5.14. The molecule has 0 aromatic heterocycles. The average Bonchev–Trinajstić information content (AvgIpc) is 2.52. The smallest absolute Gasteiger partial charge is 0.244 e. The fraction of sp³-hybridized carbons (Fsp3) is 0.118. The largest absolute Gasteiger partial charge is 0.497 e. The number of nitrogens with one attached hydrogen (secondary N) is 1. The normalized spacial score (nSPS) is 10.6. The summed E-state index contributed by atoms with van der Waals surface area (Å²) in [7, 11) is 1.62. The number of carbonyl (C=O) groups is 1. The monoisotopic (exact) mass is 301 g/mol. The minimum atomic E-state index is -0.169. The molecule has 0 radical (unpaired) electrons. The molecule has 21 heavy (non-hydrogen) atoms. The van der Waals surface area contributed by atoms with Crippen LogP contribution < -0.4 is 10.1 Å². The highest BCUT2D eigenvalue weighted by molar-refractivity contribution is 6.32. The van der Waals surface area contributed by atoms with Gasteiger partial charge in [-0.2, -0.15) is 0 Å². The predicted octanol–water partition coefficient (Wildman–Crippen LogP) is 3.68. The number of methoxy groups -OCH3 is 1. The highest BCUT2D eigenvalue weighted by Gasteiger charge is 1.99. The van der Waals surface area contributed by atoms with Crippen LogP contribution in [0.25, 0.3) is 6.08 Å². The van der Waals surface area contributed by atoms with Crippen LogP contribution in [-0.4, -0.2) is 13.0 Å². The van der Waals surface area contributed by atoms with Crippen LogP contribution in [0.15, 0.2) is 54.6 Å². The number of amides is 1. The van der Waals surface area contributed by atoms with Gasteiger partial charge in [0.1, 0.15) is 5.75 Å². The number of hydrogen-bond donors (Lipinski definition) is 1. The third-order valence-corrected chi connectivity index (χ3v) is 3.26. The summed E-state index contributed by atoms with van der Waals surface area (Å²) in [6, 6.07) is 14.9. The molecule has 1 N–H and O–H groups in total. The van der Waals surface area contributed by atoms with E-state index in [1.807, 2.05) is 42.5 Å². The van der Waals surface area contributed by atoms with Gasteiger partial charge in [0.25, 0.3) is 0 Å². The van der Waals surface area contributed by atoms with Gasteiger partial charge in [-0.3, -0.25) is 4.79 Å². The van der Waals surface area contributed by atoms with Crippen molar-refractivity contribution in [2.45, 2.75) is 6.54 Å². The molecule has 0 saturated carbocycles. The van der Waals surface area contributed by atoms with E-state index in [-0.39, 0.29) is 5.91 Å².